The second-order valence-electron chi connectivity index (χ2n) is 7.28. The van der Waals surface area contributed by atoms with Crippen molar-refractivity contribution in [3.05, 3.63) is 35.9 Å². The van der Waals surface area contributed by atoms with Gasteiger partial charge in [0.15, 0.2) is 0 Å². The van der Waals surface area contributed by atoms with Crippen molar-refractivity contribution in [1.29, 1.82) is 0 Å². The Morgan fingerprint density at radius 1 is 1.29 bits per heavy atom. The van der Waals surface area contributed by atoms with Gasteiger partial charge in [0.05, 0.1) is 13.1 Å². The summed E-state index contributed by atoms with van der Waals surface area (Å²) in [5.41, 5.74) is 0.488. The smallest absolute Gasteiger partial charge is 0.445 e. The summed E-state index contributed by atoms with van der Waals surface area (Å²) in [5.74, 6) is 0. The lowest BCUT2D eigenvalue weighted by atomic mass is 10.00. The minimum absolute atomic E-state index is 0.0219. The van der Waals surface area contributed by atoms with Crippen LogP contribution in [0.2, 0.25) is 0 Å². The maximum absolute atomic E-state index is 12.0. The topological polar surface area (TPSA) is 75.6 Å². The molecule has 1 saturated heterocycles. The van der Waals surface area contributed by atoms with Gasteiger partial charge in [0.1, 0.15) is 18.2 Å². The average Bonchev–Trinajstić information content (AvgIpc) is 2.97. The fourth-order valence-electron chi connectivity index (χ4n) is 3.63. The van der Waals surface area contributed by atoms with Gasteiger partial charge in [-0.15, -0.1) is 0 Å². The van der Waals surface area contributed by atoms with Gasteiger partial charge in [-0.05, 0) is 26.3 Å². The van der Waals surface area contributed by atoms with Crippen molar-refractivity contribution in [2.75, 3.05) is 13.1 Å². The third-order valence-corrected chi connectivity index (χ3v) is 4.90. The Morgan fingerprint density at radius 2 is 1.96 bits per heavy atom. The van der Waals surface area contributed by atoms with E-state index in [1.807, 2.05) is 51.1 Å². The van der Waals surface area contributed by atoms with Gasteiger partial charge < -0.3 is 15.2 Å². The van der Waals surface area contributed by atoms with Crippen molar-refractivity contribution in [1.82, 2.24) is 5.32 Å². The number of carbonyl (C=O) groups is 2. The van der Waals surface area contributed by atoms with E-state index in [-0.39, 0.29) is 17.1 Å². The average molecular weight is 335 g/mol. The molecule has 0 aromatic heterocycles. The van der Waals surface area contributed by atoms with E-state index >= 15 is 0 Å². The van der Waals surface area contributed by atoms with Crippen molar-refractivity contribution in [2.45, 2.75) is 51.8 Å². The number of nitrogens with zero attached hydrogens (tertiary/aromatic N) is 1. The molecule has 1 aromatic carbocycles. The molecule has 2 rings (SSSR count). The summed E-state index contributed by atoms with van der Waals surface area (Å²) < 4.78 is 5.18. The highest BCUT2D eigenvalue weighted by atomic mass is 16.5. The number of hydrogen-bond acceptors (Lipinski definition) is 3. The van der Waals surface area contributed by atoms with Crippen LogP contribution in [-0.4, -0.2) is 46.4 Å². The Labute approximate surface area is 143 Å². The van der Waals surface area contributed by atoms with E-state index in [9.17, 15) is 14.7 Å². The molecule has 1 aliphatic heterocycles. The molecule has 6 nitrogen and oxygen atoms in total. The van der Waals surface area contributed by atoms with Crippen molar-refractivity contribution in [3.8, 4) is 0 Å². The second kappa shape index (κ2) is 7.21. The Kier molecular flexibility index (Phi) is 5.49. The second-order valence-corrected chi connectivity index (χ2v) is 7.28. The zero-order valence-corrected chi connectivity index (χ0v) is 14.6. The van der Waals surface area contributed by atoms with E-state index < -0.39 is 17.7 Å². The van der Waals surface area contributed by atoms with Crippen LogP contribution in [0, 0.1) is 0 Å². The Bertz CT molecular complexity index is 582. The molecule has 2 atom stereocenters. The Morgan fingerprint density at radius 3 is 2.54 bits per heavy atom. The molecular weight excluding hydrogens is 308 g/mol. The molecule has 6 heteroatoms. The maximum Gasteiger partial charge on any atom is 0.514 e. The van der Waals surface area contributed by atoms with E-state index in [4.69, 9.17) is 4.74 Å². The number of likely N-dealkylation sites (tertiary alicyclic amines) is 1. The highest BCUT2D eigenvalue weighted by Gasteiger charge is 2.56. The van der Waals surface area contributed by atoms with Gasteiger partial charge in [0.25, 0.3) is 0 Å². The highest BCUT2D eigenvalue weighted by molar-refractivity contribution is 5.67. The normalized spacial score (nSPS) is 23.7. The number of ether oxygens (including phenoxy) is 1. The van der Waals surface area contributed by atoms with Gasteiger partial charge >= 0.3 is 12.2 Å². The van der Waals surface area contributed by atoms with E-state index in [0.717, 1.165) is 18.4 Å². The van der Waals surface area contributed by atoms with Crippen LogP contribution in [-0.2, 0) is 11.3 Å². The van der Waals surface area contributed by atoms with Crippen molar-refractivity contribution in [3.63, 3.8) is 0 Å². The molecule has 0 bridgehead atoms. The Hall–Kier alpha value is -2.08. The van der Waals surface area contributed by atoms with E-state index in [2.05, 4.69) is 5.32 Å². The molecule has 0 spiro atoms. The number of alkyl carbamates (subject to hydrolysis) is 1. The van der Waals surface area contributed by atoms with Crippen LogP contribution in [0.25, 0.3) is 0 Å². The van der Waals surface area contributed by atoms with Crippen LogP contribution in [0.5, 0.6) is 0 Å². The molecule has 2 N–H and O–H groups in total. The minimum Gasteiger partial charge on any atom is -0.445 e. The van der Waals surface area contributed by atoms with Crippen molar-refractivity contribution >= 4 is 12.2 Å². The van der Waals surface area contributed by atoms with E-state index in [1.165, 1.54) is 0 Å². The molecule has 2 amide bonds. The standard InChI is InChI=1S/C18H26N2O4/c1-18(2,3)20(17(22)23)11-7-10-15(20)12-19-16(21)24-13-14-8-5-4-6-9-14/h4-6,8-9,15H,7,10-13H2,1-3H3,(H-,19,21,22,23)/p+1/t15-,20?/m1/s1. The zero-order chi connectivity index (χ0) is 17.8. The first-order chi connectivity index (χ1) is 11.3. The lowest BCUT2D eigenvalue weighted by Crippen LogP contribution is -2.67. The van der Waals surface area contributed by atoms with Gasteiger partial charge in [0, 0.05) is 12.8 Å². The summed E-state index contributed by atoms with van der Waals surface area (Å²) in [4.78, 5) is 23.9. The van der Waals surface area contributed by atoms with E-state index in [0.29, 0.717) is 13.1 Å². The number of nitrogens with one attached hydrogen (secondary N) is 1. The summed E-state index contributed by atoms with van der Waals surface area (Å²) in [7, 11) is 0. The highest BCUT2D eigenvalue weighted by Crippen LogP contribution is 2.36. The first kappa shape index (κ1) is 18.3. The molecule has 1 aromatic rings. The summed E-state index contributed by atoms with van der Waals surface area (Å²) in [5, 5.41) is 12.6. The number of hydrogen-bond donors (Lipinski definition) is 2. The van der Waals surface area contributed by atoms with Gasteiger partial charge in [-0.25, -0.2) is 9.28 Å². The lowest BCUT2D eigenvalue weighted by molar-refractivity contribution is -0.913. The molecule has 1 heterocycles. The fourth-order valence-corrected chi connectivity index (χ4v) is 3.63. The van der Waals surface area contributed by atoms with Gasteiger partial charge in [-0.1, -0.05) is 30.3 Å². The molecule has 1 fully saturated rings. The van der Waals surface area contributed by atoms with Gasteiger partial charge in [-0.3, -0.25) is 0 Å². The largest absolute Gasteiger partial charge is 0.514 e. The van der Waals surface area contributed by atoms with E-state index in [1.54, 1.807) is 0 Å². The molecule has 0 saturated carbocycles. The minimum atomic E-state index is -0.829. The number of carbonyl (C=O) groups excluding carboxylic acids is 1. The number of benzene rings is 1. The van der Waals surface area contributed by atoms with Crippen molar-refractivity contribution in [2.24, 2.45) is 0 Å². The quantitative estimate of drug-likeness (QED) is 0.827. The van der Waals surface area contributed by atoms with Crippen LogP contribution in [0.4, 0.5) is 9.59 Å². The summed E-state index contributed by atoms with van der Waals surface area (Å²) in [6, 6.07) is 9.30. The monoisotopic (exact) mass is 335 g/mol. The number of rotatable bonds is 4. The van der Waals surface area contributed by atoms with Crippen LogP contribution in [0.3, 0.4) is 0 Å². The molecule has 0 radical (unpaired) electrons. The summed E-state index contributed by atoms with van der Waals surface area (Å²) >= 11 is 0. The van der Waals surface area contributed by atoms with Crippen molar-refractivity contribution < 1.29 is 23.9 Å². The SMILES string of the molecule is CC(C)(C)[N+]1(C(=O)O)CCC[C@@H]1CNC(=O)OCc1ccccc1. The maximum atomic E-state index is 12.0. The van der Waals surface area contributed by atoms with Gasteiger partial charge in [0.2, 0.25) is 0 Å². The number of carboxylic acid groups (broad SMARTS) is 1. The van der Waals surface area contributed by atoms with Gasteiger partial charge in [-0.2, -0.15) is 4.79 Å². The Balaban J connectivity index is 1.92. The zero-order valence-electron chi connectivity index (χ0n) is 14.6. The first-order valence-electron chi connectivity index (χ1n) is 8.33. The fraction of sp³-hybridized carbons (Fsp3) is 0.556. The molecule has 1 aliphatic rings. The molecule has 1 unspecified atom stereocenters. The molecule has 24 heavy (non-hydrogen) atoms. The molecule has 0 aliphatic carbocycles. The van der Waals surface area contributed by atoms with Crippen LogP contribution < -0.4 is 5.32 Å². The van der Waals surface area contributed by atoms with Crippen LogP contribution in [0.15, 0.2) is 30.3 Å². The molecule has 132 valence electrons. The predicted molar refractivity (Wildman–Crippen MR) is 90.6 cm³/mol. The summed E-state index contributed by atoms with van der Waals surface area (Å²) in [6.07, 6.45) is 0.282. The third kappa shape index (κ3) is 3.70. The molecular formula is C18H27N2O4+. The van der Waals surface area contributed by atoms with Crippen LogP contribution in [0.1, 0.15) is 39.2 Å². The predicted octanol–water partition coefficient (Wildman–Crippen LogP) is 3.37. The van der Waals surface area contributed by atoms with Crippen LogP contribution >= 0.6 is 0 Å². The number of amides is 2. The third-order valence-electron chi connectivity index (χ3n) is 4.90. The number of quaternary nitrogens is 1. The first-order valence-corrected chi connectivity index (χ1v) is 8.33. The summed E-state index contributed by atoms with van der Waals surface area (Å²) in [6.45, 7) is 6.91. The lowest BCUT2D eigenvalue weighted by Gasteiger charge is -2.44.